The summed E-state index contributed by atoms with van der Waals surface area (Å²) in [5.41, 5.74) is -0.923. The van der Waals surface area contributed by atoms with E-state index in [4.69, 9.17) is 88.6 Å². The fourth-order valence-electron chi connectivity index (χ4n) is 6.03. The van der Waals surface area contributed by atoms with Gasteiger partial charge in [0.25, 0.3) is 0 Å². The van der Waals surface area contributed by atoms with Gasteiger partial charge in [0.15, 0.2) is 11.5 Å². The lowest BCUT2D eigenvalue weighted by Gasteiger charge is -2.17. The summed E-state index contributed by atoms with van der Waals surface area (Å²) in [4.78, 5) is 52.4. The van der Waals surface area contributed by atoms with Gasteiger partial charge in [0, 0.05) is 0 Å². The Morgan fingerprint density at radius 3 is 1.19 bits per heavy atom. The van der Waals surface area contributed by atoms with Gasteiger partial charge in [0.1, 0.15) is 11.1 Å². The third-order valence-corrected chi connectivity index (χ3v) is 11.8. The van der Waals surface area contributed by atoms with Crippen molar-refractivity contribution < 1.29 is 38.1 Å². The van der Waals surface area contributed by atoms with Crippen LogP contribution in [0.2, 0.25) is 30.1 Å². The summed E-state index contributed by atoms with van der Waals surface area (Å²) < 4.78 is 21.3. The maximum Gasteiger partial charge on any atom is 0.423 e. The largest absolute Gasteiger partial charge is 0.462 e. The summed E-state index contributed by atoms with van der Waals surface area (Å²) in [5.74, 6) is -2.83. The fraction of sp³-hybridized carbons (Fsp3) is 0.529. The molecule has 0 saturated heterocycles. The molecule has 2 saturated carbocycles. The number of carbonyl (C=O) groups is 4. The van der Waals surface area contributed by atoms with E-state index >= 15 is 0 Å². The molecule has 0 heterocycles. The first kappa shape index (κ1) is 38.9. The van der Waals surface area contributed by atoms with Crippen LogP contribution in [0, 0.1) is 47.3 Å². The lowest BCUT2D eigenvalue weighted by atomic mass is 10.0. The maximum absolute atomic E-state index is 13.2. The number of halogens is 6. The molecular formula is C34H36Cl6O8. The van der Waals surface area contributed by atoms with E-state index in [9.17, 15) is 19.2 Å². The Labute approximate surface area is 309 Å². The second-order valence-electron chi connectivity index (χ2n) is 13.1. The molecule has 0 amide bonds. The molecule has 4 rings (SSSR count). The average Bonchev–Trinajstić information content (AvgIpc) is 3.81. The molecule has 0 aliphatic heterocycles. The van der Waals surface area contributed by atoms with Crippen LogP contribution in [0.25, 0.3) is 0 Å². The van der Waals surface area contributed by atoms with Gasteiger partial charge in [-0.1, -0.05) is 111 Å². The molecule has 2 aromatic carbocycles. The highest BCUT2D eigenvalue weighted by atomic mass is 35.5. The third kappa shape index (κ3) is 8.85. The van der Waals surface area contributed by atoms with Crippen molar-refractivity contribution in [1.82, 2.24) is 0 Å². The van der Waals surface area contributed by atoms with Crippen LogP contribution < -0.4 is 9.47 Å². The zero-order chi connectivity index (χ0) is 35.8. The Morgan fingerprint density at radius 2 is 0.896 bits per heavy atom. The van der Waals surface area contributed by atoms with E-state index in [0.717, 1.165) is 25.0 Å². The predicted octanol–water partition coefficient (Wildman–Crippen LogP) is 10.3. The van der Waals surface area contributed by atoms with Crippen LogP contribution in [0.15, 0.2) is 12.1 Å². The highest BCUT2D eigenvalue weighted by molar-refractivity contribution is 6.47. The van der Waals surface area contributed by atoms with Crippen LogP contribution in [0.1, 0.15) is 75.1 Å². The Bertz CT molecular complexity index is 1480. The standard InChI is InChI=1S/C34H36Cl6O8/c1-13(7-19-15(3)16(19)4)11-45-31(41)25-27(39)21(35)9-23(37)29(25)47-33(43)34(44)48-30-24(38)10-22(36)28(40)26(30)32(42)46-12-14(2)8-20-17(5)18(20)6/h9-10,13-20H,7-8,11-12H2,1-6H3. The number of rotatable bonds is 12. The van der Waals surface area contributed by atoms with Gasteiger partial charge in [0.2, 0.25) is 0 Å². The zero-order valence-corrected chi connectivity index (χ0v) is 31.7. The van der Waals surface area contributed by atoms with Gasteiger partial charge in [-0.25, -0.2) is 19.2 Å². The van der Waals surface area contributed by atoms with Crippen LogP contribution in [0.5, 0.6) is 11.5 Å². The SMILES string of the molecule is CC(COC(=O)c1c(Cl)c(Cl)cc(Cl)c1OC(=O)C(=O)Oc1c(Cl)cc(Cl)c(Cl)c1C(=O)OCC(C)CC1C(C)C1C)CC1C(C)C1C. The van der Waals surface area contributed by atoms with E-state index in [1.807, 2.05) is 13.8 Å². The van der Waals surface area contributed by atoms with Gasteiger partial charge in [-0.15, -0.1) is 0 Å². The Hall–Kier alpha value is -1.94. The Balaban J connectivity index is 1.48. The molecule has 262 valence electrons. The molecule has 14 heteroatoms. The number of carbonyl (C=O) groups excluding carboxylic acids is 4. The minimum absolute atomic E-state index is 0.0337. The molecule has 6 unspecified atom stereocenters. The topological polar surface area (TPSA) is 105 Å². The second-order valence-corrected chi connectivity index (χ2v) is 15.5. The first-order valence-corrected chi connectivity index (χ1v) is 17.8. The van der Waals surface area contributed by atoms with Crippen molar-refractivity contribution >= 4 is 93.5 Å². The first-order valence-electron chi connectivity index (χ1n) is 15.6. The lowest BCUT2D eigenvalue weighted by Crippen LogP contribution is -2.27. The van der Waals surface area contributed by atoms with Crippen molar-refractivity contribution in [2.24, 2.45) is 47.3 Å². The van der Waals surface area contributed by atoms with Crippen LogP contribution >= 0.6 is 69.6 Å². The lowest BCUT2D eigenvalue weighted by molar-refractivity contribution is -0.156. The third-order valence-electron chi connectivity index (χ3n) is 9.64. The van der Waals surface area contributed by atoms with E-state index in [-0.39, 0.29) is 55.2 Å². The second kappa shape index (κ2) is 15.9. The molecule has 48 heavy (non-hydrogen) atoms. The molecule has 0 aromatic heterocycles. The molecule has 8 nitrogen and oxygen atoms in total. The molecule has 6 atom stereocenters. The van der Waals surface area contributed by atoms with Crippen LogP contribution in [0.3, 0.4) is 0 Å². The summed E-state index contributed by atoms with van der Waals surface area (Å²) in [5, 5.41) is -1.48. The van der Waals surface area contributed by atoms with Gasteiger partial charge in [-0.2, -0.15) is 0 Å². The maximum atomic E-state index is 13.2. The quantitative estimate of drug-likeness (QED) is 0.0907. The highest BCUT2D eigenvalue weighted by Crippen LogP contribution is 2.50. The van der Waals surface area contributed by atoms with Crippen molar-refractivity contribution in [2.45, 2.75) is 54.4 Å². The van der Waals surface area contributed by atoms with E-state index in [1.165, 1.54) is 0 Å². The summed E-state index contributed by atoms with van der Waals surface area (Å²) in [6.07, 6.45) is 1.72. The van der Waals surface area contributed by atoms with E-state index < -0.39 is 46.5 Å². The van der Waals surface area contributed by atoms with Gasteiger partial charge >= 0.3 is 23.9 Å². The Morgan fingerprint density at radius 1 is 0.583 bits per heavy atom. The molecule has 2 aromatic rings. The van der Waals surface area contributed by atoms with Gasteiger partial charge < -0.3 is 18.9 Å². The van der Waals surface area contributed by atoms with Crippen LogP contribution in [-0.4, -0.2) is 37.1 Å². The van der Waals surface area contributed by atoms with Crippen molar-refractivity contribution in [2.75, 3.05) is 13.2 Å². The normalized spacial score (nSPS) is 23.9. The van der Waals surface area contributed by atoms with Crippen LogP contribution in [-0.2, 0) is 19.1 Å². The molecule has 0 N–H and O–H groups in total. The molecule has 0 radical (unpaired) electrons. The zero-order valence-electron chi connectivity index (χ0n) is 27.1. The molecule has 2 aliphatic carbocycles. The van der Waals surface area contributed by atoms with Crippen LogP contribution in [0.4, 0.5) is 0 Å². The first-order chi connectivity index (χ1) is 22.4. The minimum atomic E-state index is -1.64. The molecule has 0 bridgehead atoms. The van der Waals surface area contributed by atoms with Crippen molar-refractivity contribution in [3.8, 4) is 11.5 Å². The summed E-state index contributed by atoms with van der Waals surface area (Å²) in [6, 6.07) is 2.26. The fourth-order valence-corrected chi connectivity index (χ4v) is 7.46. The van der Waals surface area contributed by atoms with Crippen molar-refractivity contribution in [1.29, 1.82) is 0 Å². The number of hydrogen-bond acceptors (Lipinski definition) is 8. The summed E-state index contributed by atoms with van der Waals surface area (Å²) in [7, 11) is 0. The minimum Gasteiger partial charge on any atom is -0.462 e. The number of benzene rings is 2. The Kier molecular flexibility index (Phi) is 12.9. The number of hydrogen-bond donors (Lipinski definition) is 0. The molecule has 0 spiro atoms. The smallest absolute Gasteiger partial charge is 0.423 e. The van der Waals surface area contributed by atoms with Gasteiger partial charge in [-0.05, 0) is 72.3 Å². The predicted molar refractivity (Wildman–Crippen MR) is 186 cm³/mol. The van der Waals surface area contributed by atoms with E-state index in [0.29, 0.717) is 35.5 Å². The number of esters is 4. The monoisotopic (exact) mass is 782 g/mol. The van der Waals surface area contributed by atoms with Gasteiger partial charge in [-0.3, -0.25) is 0 Å². The van der Waals surface area contributed by atoms with Crippen molar-refractivity contribution in [3.05, 3.63) is 53.4 Å². The van der Waals surface area contributed by atoms with E-state index in [1.54, 1.807) is 0 Å². The molecular weight excluding hydrogens is 749 g/mol. The van der Waals surface area contributed by atoms with Gasteiger partial charge in [0.05, 0.1) is 43.3 Å². The molecule has 2 fully saturated rings. The van der Waals surface area contributed by atoms with E-state index in [2.05, 4.69) is 27.7 Å². The summed E-state index contributed by atoms with van der Waals surface area (Å²) >= 11 is 37.5. The highest BCUT2D eigenvalue weighted by Gasteiger charge is 2.44. The average molecular weight is 785 g/mol. The summed E-state index contributed by atoms with van der Waals surface area (Å²) in [6.45, 7) is 12.7. The number of ether oxygens (including phenoxy) is 4. The van der Waals surface area contributed by atoms with Crippen molar-refractivity contribution in [3.63, 3.8) is 0 Å². The molecule has 2 aliphatic rings.